The summed E-state index contributed by atoms with van der Waals surface area (Å²) in [7, 11) is 3.39. The molecule has 1 atom stereocenters. The first-order valence-corrected chi connectivity index (χ1v) is 18.8. The molecule has 0 saturated carbocycles. The number of carbonyl (C=O) groups is 1. The van der Waals surface area contributed by atoms with E-state index in [1.807, 2.05) is 0 Å². The third kappa shape index (κ3) is 10.1. The van der Waals surface area contributed by atoms with Gasteiger partial charge in [-0.15, -0.1) is 24.8 Å². The Hall–Kier alpha value is -4.40. The van der Waals surface area contributed by atoms with E-state index < -0.39 is 5.54 Å². The number of rotatable bonds is 17. The van der Waals surface area contributed by atoms with E-state index in [2.05, 4.69) is 108 Å². The molecule has 6 rings (SSSR count). The summed E-state index contributed by atoms with van der Waals surface area (Å²) in [6.07, 6.45) is 6.22. The molecule has 292 valence electrons. The largest absolute Gasteiger partial charge is 0.493 e. The van der Waals surface area contributed by atoms with Gasteiger partial charge in [0.2, 0.25) is 5.91 Å². The van der Waals surface area contributed by atoms with Gasteiger partial charge in [0.25, 0.3) is 0 Å². The van der Waals surface area contributed by atoms with Crippen LogP contribution in [0.4, 0.5) is 4.39 Å². The van der Waals surface area contributed by atoms with Gasteiger partial charge in [-0.05, 0) is 108 Å². The van der Waals surface area contributed by atoms with Gasteiger partial charge in [-0.3, -0.25) is 4.79 Å². The summed E-state index contributed by atoms with van der Waals surface area (Å²) in [5.41, 5.74) is 13.6. The van der Waals surface area contributed by atoms with E-state index in [4.69, 9.17) is 15.2 Å². The summed E-state index contributed by atoms with van der Waals surface area (Å²) in [6.45, 7) is 1.91. The summed E-state index contributed by atoms with van der Waals surface area (Å²) >= 11 is 0. The van der Waals surface area contributed by atoms with E-state index in [9.17, 15) is 9.18 Å². The minimum absolute atomic E-state index is 0. The van der Waals surface area contributed by atoms with Crippen molar-refractivity contribution in [2.45, 2.75) is 68.9 Å². The number of hydrogen-bond donors (Lipinski definition) is 3. The van der Waals surface area contributed by atoms with Crippen LogP contribution in [-0.2, 0) is 35.1 Å². The van der Waals surface area contributed by atoms with Crippen molar-refractivity contribution in [1.29, 1.82) is 0 Å². The van der Waals surface area contributed by atoms with E-state index in [-0.39, 0.29) is 42.0 Å². The minimum Gasteiger partial charge on any atom is -0.493 e. The molecule has 0 aliphatic carbocycles. The van der Waals surface area contributed by atoms with Crippen molar-refractivity contribution in [3.63, 3.8) is 0 Å². The average molecular weight is 787 g/mol. The van der Waals surface area contributed by atoms with Crippen LogP contribution in [0.5, 0.6) is 11.5 Å². The molecule has 1 unspecified atom stereocenters. The van der Waals surface area contributed by atoms with Gasteiger partial charge in [0.15, 0.2) is 11.5 Å². The van der Waals surface area contributed by atoms with Crippen LogP contribution >= 0.6 is 24.8 Å². The number of aryl methyl sites for hydroxylation is 1. The molecule has 5 aromatic rings. The van der Waals surface area contributed by atoms with Crippen LogP contribution in [0.1, 0.15) is 77.5 Å². The molecular weight excluding hydrogens is 732 g/mol. The number of amides is 1. The number of nitrogens with one attached hydrogen (secondary N) is 2. The molecule has 0 bridgehead atoms. The van der Waals surface area contributed by atoms with Crippen LogP contribution in [-0.4, -0.2) is 33.2 Å². The third-order valence-electron chi connectivity index (χ3n) is 11.0. The second-order valence-corrected chi connectivity index (χ2v) is 14.1. The van der Waals surface area contributed by atoms with Crippen LogP contribution in [0, 0.1) is 5.82 Å². The van der Waals surface area contributed by atoms with Gasteiger partial charge in [-0.2, -0.15) is 0 Å². The van der Waals surface area contributed by atoms with E-state index in [1.54, 1.807) is 26.4 Å². The number of benzene rings is 5. The topological polar surface area (TPSA) is 85.6 Å². The SMILES string of the molecule is COc1cc2c(cc1OC)C(CCCC(CCCNC(=O)CCc1ccc(F)cc1)(c1ccccc1)c1ccccc1)(c1ccc(CN)cc1)NCC2.Cl.Cl. The lowest BCUT2D eigenvalue weighted by molar-refractivity contribution is -0.121. The lowest BCUT2D eigenvalue weighted by Gasteiger charge is -2.43. The molecule has 0 saturated heterocycles. The van der Waals surface area contributed by atoms with E-state index >= 15 is 0 Å². The Balaban J connectivity index is 0.00000336. The van der Waals surface area contributed by atoms with Crippen molar-refractivity contribution in [2.75, 3.05) is 27.3 Å². The first-order valence-electron chi connectivity index (χ1n) is 18.8. The standard InChI is InChI=1S/C46H52FN3O3.2ClH/c1-52-42-31-36-25-30-50-46(41(36)32-43(42)53-2,39-20-15-35(33-48)16-21-39)28-9-26-45(37-11-5-3-6-12-37,38-13-7-4-8-14-38)27-10-29-49-44(51)24-19-34-17-22-40(47)23-18-34;;/h3-8,11-18,20-23,31-32,50H,9-10,19,24-30,33,48H2,1-2H3,(H,49,51);2*1H. The van der Waals surface area contributed by atoms with E-state index in [0.29, 0.717) is 25.9 Å². The van der Waals surface area contributed by atoms with Crippen molar-refractivity contribution in [2.24, 2.45) is 5.73 Å². The lowest BCUT2D eigenvalue weighted by atomic mass is 9.66. The molecule has 1 amide bonds. The predicted molar refractivity (Wildman–Crippen MR) is 225 cm³/mol. The van der Waals surface area contributed by atoms with Crippen LogP contribution in [0.2, 0.25) is 0 Å². The van der Waals surface area contributed by atoms with Gasteiger partial charge in [-0.25, -0.2) is 4.39 Å². The lowest BCUT2D eigenvalue weighted by Crippen LogP contribution is -2.48. The fraction of sp³-hybridized carbons (Fsp3) is 0.326. The molecule has 6 nitrogen and oxygen atoms in total. The highest BCUT2D eigenvalue weighted by atomic mass is 35.5. The number of halogens is 3. The number of nitrogens with two attached hydrogens (primary N) is 1. The Morgan fingerprint density at radius 1 is 0.800 bits per heavy atom. The second kappa shape index (κ2) is 20.5. The quantitative estimate of drug-likeness (QED) is 0.0819. The van der Waals surface area contributed by atoms with Crippen LogP contribution < -0.4 is 25.8 Å². The molecule has 0 fully saturated rings. The second-order valence-electron chi connectivity index (χ2n) is 14.1. The summed E-state index contributed by atoms with van der Waals surface area (Å²) in [5.74, 6) is 1.21. The summed E-state index contributed by atoms with van der Waals surface area (Å²) in [5, 5.41) is 7.16. The van der Waals surface area contributed by atoms with E-state index in [1.165, 1.54) is 39.9 Å². The molecule has 1 heterocycles. The van der Waals surface area contributed by atoms with Crippen LogP contribution in [0.25, 0.3) is 0 Å². The van der Waals surface area contributed by atoms with Crippen molar-refractivity contribution in [1.82, 2.24) is 10.6 Å². The van der Waals surface area contributed by atoms with Gasteiger partial charge in [0, 0.05) is 31.5 Å². The highest BCUT2D eigenvalue weighted by molar-refractivity contribution is 5.85. The molecule has 55 heavy (non-hydrogen) atoms. The van der Waals surface area contributed by atoms with Gasteiger partial charge in [0.05, 0.1) is 19.8 Å². The number of carbonyl (C=O) groups excluding carboxylic acids is 1. The Kier molecular flexibility index (Phi) is 16.1. The number of ether oxygens (including phenoxy) is 2. The summed E-state index contributed by atoms with van der Waals surface area (Å²) in [6, 6.07) is 41.1. The van der Waals surface area contributed by atoms with Gasteiger partial charge >= 0.3 is 0 Å². The fourth-order valence-corrected chi connectivity index (χ4v) is 8.24. The summed E-state index contributed by atoms with van der Waals surface area (Å²) < 4.78 is 24.9. The van der Waals surface area contributed by atoms with Crippen LogP contribution in [0.15, 0.2) is 121 Å². The number of fused-ring (bicyclic) bond motifs is 1. The van der Waals surface area contributed by atoms with Crippen LogP contribution in [0.3, 0.4) is 0 Å². The zero-order valence-corrected chi connectivity index (χ0v) is 33.5. The fourth-order valence-electron chi connectivity index (χ4n) is 8.24. The zero-order valence-electron chi connectivity index (χ0n) is 31.8. The third-order valence-corrected chi connectivity index (χ3v) is 11.0. The number of methoxy groups -OCH3 is 2. The van der Waals surface area contributed by atoms with Crippen molar-refractivity contribution in [3.8, 4) is 11.5 Å². The van der Waals surface area contributed by atoms with Gasteiger partial charge in [0.1, 0.15) is 5.82 Å². The van der Waals surface area contributed by atoms with Crippen molar-refractivity contribution in [3.05, 3.63) is 166 Å². The predicted octanol–water partition coefficient (Wildman–Crippen LogP) is 9.22. The average Bonchev–Trinajstić information content (AvgIpc) is 3.21. The highest BCUT2D eigenvalue weighted by Crippen LogP contribution is 2.46. The maximum absolute atomic E-state index is 13.3. The Morgan fingerprint density at radius 3 is 1.98 bits per heavy atom. The first kappa shape index (κ1) is 43.3. The molecule has 9 heteroatoms. The van der Waals surface area contributed by atoms with Crippen molar-refractivity contribution >= 4 is 30.7 Å². The Labute approximate surface area is 338 Å². The number of hydrogen-bond acceptors (Lipinski definition) is 5. The Bertz CT molecular complexity index is 1890. The zero-order chi connectivity index (χ0) is 37.1. The van der Waals surface area contributed by atoms with Gasteiger partial charge in [-0.1, -0.05) is 97.1 Å². The van der Waals surface area contributed by atoms with Crippen molar-refractivity contribution < 1.29 is 18.7 Å². The minimum atomic E-state index is -0.447. The highest BCUT2D eigenvalue weighted by Gasteiger charge is 2.41. The molecular formula is C46H54Cl2FN3O3. The molecule has 0 radical (unpaired) electrons. The molecule has 5 aromatic carbocycles. The summed E-state index contributed by atoms with van der Waals surface area (Å²) in [4.78, 5) is 12.9. The monoisotopic (exact) mass is 785 g/mol. The molecule has 0 spiro atoms. The first-order chi connectivity index (χ1) is 25.9. The Morgan fingerprint density at radius 2 is 1.38 bits per heavy atom. The van der Waals surface area contributed by atoms with Gasteiger partial charge < -0.3 is 25.8 Å². The molecule has 4 N–H and O–H groups in total. The molecule has 1 aliphatic rings. The maximum Gasteiger partial charge on any atom is 0.220 e. The normalized spacial score (nSPS) is 14.8. The molecule has 1 aliphatic heterocycles. The maximum atomic E-state index is 13.3. The van der Waals surface area contributed by atoms with E-state index in [0.717, 1.165) is 67.7 Å². The molecule has 0 aromatic heterocycles. The smallest absolute Gasteiger partial charge is 0.220 e.